The summed E-state index contributed by atoms with van der Waals surface area (Å²) in [6.07, 6.45) is 12.8. The van der Waals surface area contributed by atoms with Gasteiger partial charge in [0.15, 0.2) is 5.82 Å². The van der Waals surface area contributed by atoms with Gasteiger partial charge in [-0.2, -0.15) is 0 Å². The molecule has 0 amide bonds. The van der Waals surface area contributed by atoms with E-state index in [0.29, 0.717) is 6.04 Å². The van der Waals surface area contributed by atoms with Crippen molar-refractivity contribution in [1.82, 2.24) is 20.2 Å². The lowest BCUT2D eigenvalue weighted by Gasteiger charge is -2.39. The summed E-state index contributed by atoms with van der Waals surface area (Å²) < 4.78 is 2.17. The van der Waals surface area contributed by atoms with Gasteiger partial charge in [0.05, 0.1) is 12.1 Å². The van der Waals surface area contributed by atoms with Crippen molar-refractivity contribution in [2.45, 2.75) is 81.7 Å². The molecule has 132 valence electrons. The number of hydrogen-bond donors (Lipinski definition) is 1. The molecule has 1 N–H and O–H groups in total. The number of nitrogens with zero attached hydrogens (tertiary/aromatic N) is 4. The first-order valence-electron chi connectivity index (χ1n) is 10.0. The van der Waals surface area contributed by atoms with E-state index in [1.165, 1.54) is 75.5 Å². The molecule has 2 aliphatic carbocycles. The van der Waals surface area contributed by atoms with Crippen LogP contribution in [-0.4, -0.2) is 20.2 Å². The fourth-order valence-corrected chi connectivity index (χ4v) is 5.52. The Balaban J connectivity index is 1.57. The zero-order valence-electron chi connectivity index (χ0n) is 14.8. The third-order valence-electron chi connectivity index (χ3n) is 6.76. The fourth-order valence-electron chi connectivity index (χ4n) is 5.52. The van der Waals surface area contributed by atoms with Crippen LogP contribution >= 0.6 is 0 Å². The minimum Gasteiger partial charge on any atom is -0.374 e. The molecule has 2 aromatic rings. The summed E-state index contributed by atoms with van der Waals surface area (Å²) in [5.74, 6) is 1.06. The van der Waals surface area contributed by atoms with Gasteiger partial charge >= 0.3 is 0 Å². The molecule has 1 unspecified atom stereocenters. The molecule has 1 aromatic carbocycles. The van der Waals surface area contributed by atoms with E-state index in [0.717, 1.165) is 5.82 Å². The van der Waals surface area contributed by atoms with Crippen molar-refractivity contribution in [1.29, 1.82) is 0 Å². The zero-order valence-corrected chi connectivity index (χ0v) is 14.8. The van der Waals surface area contributed by atoms with E-state index in [9.17, 15) is 0 Å². The Kier molecular flexibility index (Phi) is 3.75. The second-order valence-electron chi connectivity index (χ2n) is 8.11. The maximum Gasteiger partial charge on any atom is 0.174 e. The van der Waals surface area contributed by atoms with Crippen LogP contribution in [0.4, 0.5) is 5.69 Å². The minimum absolute atomic E-state index is 0.163. The van der Waals surface area contributed by atoms with Crippen LogP contribution in [0.2, 0.25) is 0 Å². The lowest BCUT2D eigenvalue weighted by atomic mass is 9.66. The minimum atomic E-state index is 0.163. The number of aromatic nitrogens is 4. The number of tetrazole rings is 1. The first-order valence-corrected chi connectivity index (χ1v) is 10.0. The Morgan fingerprint density at radius 2 is 1.72 bits per heavy atom. The molecule has 5 heteroatoms. The monoisotopic (exact) mass is 337 g/mol. The largest absolute Gasteiger partial charge is 0.374 e. The van der Waals surface area contributed by atoms with Gasteiger partial charge in [0.1, 0.15) is 0 Å². The van der Waals surface area contributed by atoms with Crippen molar-refractivity contribution < 1.29 is 0 Å². The number of anilines is 1. The molecule has 3 aliphatic rings. The van der Waals surface area contributed by atoms with Crippen LogP contribution in [0.3, 0.4) is 0 Å². The van der Waals surface area contributed by atoms with Crippen LogP contribution < -0.4 is 5.32 Å². The molecule has 1 aromatic heterocycles. The van der Waals surface area contributed by atoms with E-state index in [1.54, 1.807) is 0 Å². The van der Waals surface area contributed by atoms with Crippen molar-refractivity contribution in [3.05, 3.63) is 35.7 Å². The van der Waals surface area contributed by atoms with Gasteiger partial charge in [-0.1, -0.05) is 56.7 Å². The summed E-state index contributed by atoms with van der Waals surface area (Å²) in [6.45, 7) is 0. The van der Waals surface area contributed by atoms with E-state index in [-0.39, 0.29) is 11.5 Å². The Hall–Kier alpha value is -1.91. The topological polar surface area (TPSA) is 55.6 Å². The second-order valence-corrected chi connectivity index (χ2v) is 8.11. The van der Waals surface area contributed by atoms with Crippen LogP contribution in [0.1, 0.15) is 87.7 Å². The Morgan fingerprint density at radius 3 is 2.56 bits per heavy atom. The molecule has 0 bridgehead atoms. The highest BCUT2D eigenvalue weighted by molar-refractivity contribution is 5.63. The Morgan fingerprint density at radius 1 is 0.960 bits per heavy atom. The maximum absolute atomic E-state index is 4.55. The second kappa shape index (κ2) is 6.11. The third kappa shape index (κ3) is 2.39. The normalized spacial score (nSPS) is 25.7. The number of benzene rings is 1. The predicted octanol–water partition coefficient (Wildman–Crippen LogP) is 4.55. The van der Waals surface area contributed by atoms with Crippen LogP contribution in [0.5, 0.6) is 0 Å². The van der Waals surface area contributed by atoms with Gasteiger partial charge in [0.2, 0.25) is 0 Å². The van der Waals surface area contributed by atoms with Crippen LogP contribution in [0.25, 0.3) is 0 Å². The van der Waals surface area contributed by atoms with Crippen molar-refractivity contribution >= 4 is 5.69 Å². The number of para-hydroxylation sites is 1. The molecule has 1 atom stereocenters. The Bertz CT molecular complexity index is 740. The van der Waals surface area contributed by atoms with Crippen molar-refractivity contribution in [2.75, 3.05) is 5.32 Å². The molecule has 1 aliphatic heterocycles. The van der Waals surface area contributed by atoms with Gasteiger partial charge < -0.3 is 5.32 Å². The highest BCUT2D eigenvalue weighted by atomic mass is 15.6. The first-order chi connectivity index (χ1) is 12.4. The van der Waals surface area contributed by atoms with Crippen LogP contribution in [-0.2, 0) is 5.41 Å². The van der Waals surface area contributed by atoms with Crippen LogP contribution in [0.15, 0.2) is 24.3 Å². The zero-order chi connectivity index (χ0) is 16.7. The number of hydrogen-bond acceptors (Lipinski definition) is 4. The molecule has 0 saturated heterocycles. The van der Waals surface area contributed by atoms with Gasteiger partial charge in [-0.3, -0.25) is 0 Å². The molecular weight excluding hydrogens is 310 g/mol. The molecule has 1 spiro atoms. The van der Waals surface area contributed by atoms with Gasteiger partial charge in [-0.05, 0) is 47.7 Å². The van der Waals surface area contributed by atoms with Crippen molar-refractivity contribution in [2.24, 2.45) is 0 Å². The standard InChI is InChI=1S/C20H27N5/c1-3-9-15(10-4-1)25-19(22-23-24-25)18-20(13-7-2-8-14-20)16-11-5-6-12-17(16)21-18/h5-6,11-12,15,18,21H,1-4,7-10,13-14H2. The van der Waals surface area contributed by atoms with E-state index >= 15 is 0 Å². The lowest BCUT2D eigenvalue weighted by Crippen LogP contribution is -2.37. The number of nitrogens with one attached hydrogen (secondary N) is 1. The number of fused-ring (bicyclic) bond motifs is 2. The quantitative estimate of drug-likeness (QED) is 0.873. The summed E-state index contributed by atoms with van der Waals surface area (Å²) in [6, 6.07) is 9.55. The van der Waals surface area contributed by atoms with E-state index < -0.39 is 0 Å². The fraction of sp³-hybridized carbons (Fsp3) is 0.650. The summed E-state index contributed by atoms with van der Waals surface area (Å²) in [4.78, 5) is 0. The first kappa shape index (κ1) is 15.4. The highest BCUT2D eigenvalue weighted by Gasteiger charge is 2.50. The van der Waals surface area contributed by atoms with Crippen LogP contribution in [0, 0.1) is 0 Å². The lowest BCUT2D eigenvalue weighted by molar-refractivity contribution is 0.246. The van der Waals surface area contributed by atoms with Gasteiger partial charge in [0, 0.05) is 11.1 Å². The molecule has 5 rings (SSSR count). The molecule has 25 heavy (non-hydrogen) atoms. The smallest absolute Gasteiger partial charge is 0.174 e. The molecule has 2 fully saturated rings. The predicted molar refractivity (Wildman–Crippen MR) is 97.5 cm³/mol. The van der Waals surface area contributed by atoms with Crippen molar-refractivity contribution in [3.63, 3.8) is 0 Å². The molecule has 5 nitrogen and oxygen atoms in total. The van der Waals surface area contributed by atoms with Gasteiger partial charge in [-0.25, -0.2) is 4.68 Å². The van der Waals surface area contributed by atoms with E-state index in [1.807, 2.05) is 0 Å². The number of rotatable bonds is 2. The van der Waals surface area contributed by atoms with Gasteiger partial charge in [-0.15, -0.1) is 5.10 Å². The third-order valence-corrected chi connectivity index (χ3v) is 6.76. The van der Waals surface area contributed by atoms with E-state index in [2.05, 4.69) is 49.8 Å². The van der Waals surface area contributed by atoms with Gasteiger partial charge in [0.25, 0.3) is 0 Å². The molecular formula is C20H27N5. The molecule has 2 heterocycles. The Labute approximate surface area is 149 Å². The average Bonchev–Trinajstić information content (AvgIpc) is 3.27. The SMILES string of the molecule is c1ccc2c(c1)NC(c1nnnn1C1CCCCC1)C21CCCCC1. The maximum atomic E-state index is 4.55. The molecule has 0 radical (unpaired) electrons. The summed E-state index contributed by atoms with van der Waals surface area (Å²) in [5, 5.41) is 16.9. The van der Waals surface area contributed by atoms with Crippen molar-refractivity contribution in [3.8, 4) is 0 Å². The highest BCUT2D eigenvalue weighted by Crippen LogP contribution is 2.55. The summed E-state index contributed by atoms with van der Waals surface area (Å²) >= 11 is 0. The summed E-state index contributed by atoms with van der Waals surface area (Å²) in [5.41, 5.74) is 2.93. The summed E-state index contributed by atoms with van der Waals surface area (Å²) in [7, 11) is 0. The molecule has 2 saturated carbocycles. The van der Waals surface area contributed by atoms with E-state index in [4.69, 9.17) is 0 Å². The average molecular weight is 337 g/mol.